The molecule has 2 amide bonds. The summed E-state index contributed by atoms with van der Waals surface area (Å²) < 4.78 is 0. The predicted octanol–water partition coefficient (Wildman–Crippen LogP) is 3.95. The van der Waals surface area contributed by atoms with E-state index in [1.165, 1.54) is 0 Å². The summed E-state index contributed by atoms with van der Waals surface area (Å²) in [4.78, 5) is 28.6. The summed E-state index contributed by atoms with van der Waals surface area (Å²) in [6.07, 6.45) is 4.80. The first-order chi connectivity index (χ1) is 11.5. The minimum Gasteiger partial charge on any atom is -0.343 e. The Morgan fingerprint density at radius 1 is 1.04 bits per heavy atom. The quantitative estimate of drug-likeness (QED) is 0.697. The van der Waals surface area contributed by atoms with Crippen molar-refractivity contribution in [2.24, 2.45) is 22.7 Å². The van der Waals surface area contributed by atoms with Crippen LogP contribution in [0.1, 0.15) is 73.6 Å². The molecule has 0 saturated carbocycles. The lowest BCUT2D eigenvalue weighted by Crippen LogP contribution is -2.32. The largest absolute Gasteiger partial charge is 0.343 e. The average Bonchev–Trinajstić information content (AvgIpc) is 2.98. The Morgan fingerprint density at radius 2 is 1.72 bits per heavy atom. The van der Waals surface area contributed by atoms with E-state index in [4.69, 9.17) is 0 Å². The molecule has 2 rings (SSSR count). The van der Waals surface area contributed by atoms with Gasteiger partial charge in [0.25, 0.3) is 0 Å². The maximum Gasteiger partial charge on any atom is 0.225 e. The SMILES string of the molecule is CCN1CC(CC(C)(C)CCN2CC[C@H](CC(C)(C)C)C2=O)CC1=O. The molecular formula is C21H38N2O2. The molecule has 0 aromatic carbocycles. The van der Waals surface area contributed by atoms with Crippen LogP contribution in [0, 0.1) is 22.7 Å². The molecule has 2 saturated heterocycles. The normalized spacial score (nSPS) is 25.4. The molecule has 4 heteroatoms. The number of rotatable bonds is 7. The zero-order valence-corrected chi connectivity index (χ0v) is 17.2. The first-order valence-electron chi connectivity index (χ1n) is 10.1. The maximum absolute atomic E-state index is 12.6. The highest BCUT2D eigenvalue weighted by atomic mass is 16.2. The van der Waals surface area contributed by atoms with Crippen LogP contribution in [0.3, 0.4) is 0 Å². The van der Waals surface area contributed by atoms with E-state index in [1.54, 1.807) is 0 Å². The molecule has 2 atom stereocenters. The summed E-state index contributed by atoms with van der Waals surface area (Å²) in [5.41, 5.74) is 0.396. The molecule has 0 bridgehead atoms. The van der Waals surface area contributed by atoms with Crippen molar-refractivity contribution >= 4 is 11.8 Å². The monoisotopic (exact) mass is 350 g/mol. The Labute approximate surface area is 154 Å². The van der Waals surface area contributed by atoms with Gasteiger partial charge in [-0.2, -0.15) is 0 Å². The van der Waals surface area contributed by atoms with Crippen molar-refractivity contribution in [2.45, 2.75) is 73.6 Å². The molecule has 144 valence electrons. The van der Waals surface area contributed by atoms with E-state index in [0.717, 1.165) is 51.9 Å². The summed E-state index contributed by atoms with van der Waals surface area (Å²) in [6.45, 7) is 16.8. The van der Waals surface area contributed by atoms with Gasteiger partial charge in [-0.25, -0.2) is 0 Å². The van der Waals surface area contributed by atoms with Crippen LogP contribution < -0.4 is 0 Å². The number of amides is 2. The fourth-order valence-corrected chi connectivity index (χ4v) is 4.57. The lowest BCUT2D eigenvalue weighted by atomic mass is 9.79. The van der Waals surface area contributed by atoms with Crippen molar-refractivity contribution in [2.75, 3.05) is 26.2 Å². The van der Waals surface area contributed by atoms with Gasteiger partial charge < -0.3 is 9.80 Å². The smallest absolute Gasteiger partial charge is 0.225 e. The minimum absolute atomic E-state index is 0.178. The van der Waals surface area contributed by atoms with E-state index < -0.39 is 0 Å². The second kappa shape index (κ2) is 7.67. The number of hydrogen-bond acceptors (Lipinski definition) is 2. The van der Waals surface area contributed by atoms with Crippen LogP contribution >= 0.6 is 0 Å². The summed E-state index contributed by atoms with van der Waals surface area (Å²) >= 11 is 0. The second-order valence-corrected chi connectivity index (χ2v) is 10.2. The fraction of sp³-hybridized carbons (Fsp3) is 0.905. The Balaban J connectivity index is 1.80. The molecule has 2 aliphatic heterocycles. The average molecular weight is 351 g/mol. The van der Waals surface area contributed by atoms with Gasteiger partial charge >= 0.3 is 0 Å². The van der Waals surface area contributed by atoms with E-state index in [0.29, 0.717) is 24.2 Å². The third kappa shape index (κ3) is 5.72. The Kier molecular flexibility index (Phi) is 6.22. The van der Waals surface area contributed by atoms with Crippen LogP contribution in [-0.4, -0.2) is 47.8 Å². The van der Waals surface area contributed by atoms with Gasteiger partial charge in [-0.3, -0.25) is 9.59 Å². The molecule has 0 aromatic heterocycles. The Morgan fingerprint density at radius 3 is 2.28 bits per heavy atom. The molecule has 1 unspecified atom stereocenters. The van der Waals surface area contributed by atoms with Crippen molar-refractivity contribution in [3.05, 3.63) is 0 Å². The maximum atomic E-state index is 12.6. The molecule has 0 aliphatic carbocycles. The highest BCUT2D eigenvalue weighted by Crippen LogP contribution is 2.36. The zero-order chi connectivity index (χ0) is 18.8. The van der Waals surface area contributed by atoms with E-state index in [9.17, 15) is 9.59 Å². The molecule has 0 aromatic rings. The third-order valence-electron chi connectivity index (χ3n) is 5.84. The summed E-state index contributed by atoms with van der Waals surface area (Å²) in [7, 11) is 0. The van der Waals surface area contributed by atoms with Gasteiger partial charge in [-0.05, 0) is 49.4 Å². The van der Waals surface area contributed by atoms with Crippen LogP contribution in [-0.2, 0) is 9.59 Å². The standard InChI is InChI=1S/C21H38N2O2/c1-7-22-15-16(12-18(22)24)13-21(5,6)9-11-23-10-8-17(19(23)25)14-20(2,3)4/h16-17H,7-15H2,1-6H3/t16?,17-/m1/s1. The number of carbonyl (C=O) groups is 2. The number of nitrogens with zero attached hydrogens (tertiary/aromatic N) is 2. The van der Waals surface area contributed by atoms with Gasteiger partial charge in [0.2, 0.25) is 11.8 Å². The van der Waals surface area contributed by atoms with Gasteiger partial charge in [-0.15, -0.1) is 0 Å². The lowest BCUT2D eigenvalue weighted by molar-refractivity contribution is -0.132. The van der Waals surface area contributed by atoms with Gasteiger partial charge in [0.05, 0.1) is 0 Å². The molecule has 2 fully saturated rings. The lowest BCUT2D eigenvalue weighted by Gasteiger charge is -2.30. The topological polar surface area (TPSA) is 40.6 Å². The molecule has 4 nitrogen and oxygen atoms in total. The number of likely N-dealkylation sites (tertiary alicyclic amines) is 2. The van der Waals surface area contributed by atoms with Crippen molar-refractivity contribution in [1.82, 2.24) is 9.80 Å². The first kappa shape index (κ1) is 20.3. The summed E-state index contributed by atoms with van der Waals surface area (Å²) in [5.74, 6) is 1.36. The number of carbonyl (C=O) groups excluding carboxylic acids is 2. The van der Waals surface area contributed by atoms with Crippen LogP contribution in [0.15, 0.2) is 0 Å². The zero-order valence-electron chi connectivity index (χ0n) is 17.2. The van der Waals surface area contributed by atoms with Crippen molar-refractivity contribution in [3.8, 4) is 0 Å². The molecule has 0 radical (unpaired) electrons. The van der Waals surface area contributed by atoms with Crippen LogP contribution in [0.4, 0.5) is 0 Å². The van der Waals surface area contributed by atoms with E-state index in [-0.39, 0.29) is 16.7 Å². The molecule has 0 spiro atoms. The third-order valence-corrected chi connectivity index (χ3v) is 5.84. The summed E-state index contributed by atoms with van der Waals surface area (Å²) in [5, 5.41) is 0. The van der Waals surface area contributed by atoms with E-state index in [1.807, 2.05) is 4.90 Å². The van der Waals surface area contributed by atoms with Crippen molar-refractivity contribution in [3.63, 3.8) is 0 Å². The summed E-state index contributed by atoms with van der Waals surface area (Å²) in [6, 6.07) is 0. The first-order valence-corrected chi connectivity index (χ1v) is 10.1. The van der Waals surface area contributed by atoms with Gasteiger partial charge in [0, 0.05) is 38.5 Å². The predicted molar refractivity (Wildman–Crippen MR) is 102 cm³/mol. The number of hydrogen-bond donors (Lipinski definition) is 0. The Hall–Kier alpha value is -1.06. The van der Waals surface area contributed by atoms with E-state index in [2.05, 4.69) is 46.4 Å². The van der Waals surface area contributed by atoms with Crippen molar-refractivity contribution < 1.29 is 9.59 Å². The molecular weight excluding hydrogens is 312 g/mol. The fourth-order valence-electron chi connectivity index (χ4n) is 4.57. The minimum atomic E-state index is 0.178. The van der Waals surface area contributed by atoms with Crippen LogP contribution in [0.2, 0.25) is 0 Å². The molecule has 2 aliphatic rings. The molecule has 0 N–H and O–H groups in total. The highest BCUT2D eigenvalue weighted by molar-refractivity contribution is 5.81. The van der Waals surface area contributed by atoms with Crippen LogP contribution in [0.5, 0.6) is 0 Å². The second-order valence-electron chi connectivity index (χ2n) is 10.2. The molecule has 2 heterocycles. The van der Waals surface area contributed by atoms with E-state index >= 15 is 0 Å². The van der Waals surface area contributed by atoms with Crippen molar-refractivity contribution in [1.29, 1.82) is 0 Å². The Bertz CT molecular complexity index is 493. The van der Waals surface area contributed by atoms with Gasteiger partial charge in [-0.1, -0.05) is 34.6 Å². The van der Waals surface area contributed by atoms with Gasteiger partial charge in [0.1, 0.15) is 0 Å². The van der Waals surface area contributed by atoms with Crippen LogP contribution in [0.25, 0.3) is 0 Å². The van der Waals surface area contributed by atoms with Gasteiger partial charge in [0.15, 0.2) is 0 Å². The highest BCUT2D eigenvalue weighted by Gasteiger charge is 2.36. The molecule has 25 heavy (non-hydrogen) atoms.